The summed E-state index contributed by atoms with van der Waals surface area (Å²) in [7, 11) is 0. The lowest BCUT2D eigenvalue weighted by Gasteiger charge is -2.21. The first-order chi connectivity index (χ1) is 14.6. The lowest BCUT2D eigenvalue weighted by molar-refractivity contribution is -0.385. The highest BCUT2D eigenvalue weighted by atomic mass is 19.4. The molecule has 0 heterocycles. The van der Waals surface area contributed by atoms with Gasteiger partial charge in [-0.3, -0.25) is 14.9 Å². The van der Waals surface area contributed by atoms with Crippen molar-refractivity contribution in [1.29, 1.82) is 0 Å². The molecule has 0 atom stereocenters. The minimum Gasteiger partial charge on any atom is -0.507 e. The fourth-order valence-corrected chi connectivity index (χ4v) is 2.87. The summed E-state index contributed by atoms with van der Waals surface area (Å²) >= 11 is 0. The van der Waals surface area contributed by atoms with Gasteiger partial charge in [-0.25, -0.2) is 5.43 Å². The molecule has 2 aromatic carbocycles. The third kappa shape index (κ3) is 6.17. The molecule has 31 heavy (non-hydrogen) atoms. The van der Waals surface area contributed by atoms with Crippen LogP contribution in [0.4, 0.5) is 24.5 Å². The molecule has 8 nitrogen and oxygen atoms in total. The van der Waals surface area contributed by atoms with Crippen molar-refractivity contribution in [3.8, 4) is 5.75 Å². The molecule has 0 radical (unpaired) electrons. The molecule has 0 fully saturated rings. The van der Waals surface area contributed by atoms with Crippen molar-refractivity contribution >= 4 is 23.5 Å². The van der Waals surface area contributed by atoms with Gasteiger partial charge >= 0.3 is 6.18 Å². The standard InChI is InChI=1S/C20H21F3N4O4/c1-3-26(4-2)16-8-6-14(18(28)11-16)12-24-25-19(29)9-13-5-7-15(20(21,22)23)10-17(13)27(30)31/h5-8,10-12,28H,3-4,9H2,1-2H3,(H,25,29). The minimum atomic E-state index is -4.74. The Kier molecular flexibility index (Phi) is 7.56. The van der Waals surface area contributed by atoms with Crippen LogP contribution in [0.3, 0.4) is 0 Å². The number of alkyl halides is 3. The molecule has 0 aliphatic rings. The Labute approximate surface area is 176 Å². The van der Waals surface area contributed by atoms with Crippen molar-refractivity contribution < 1.29 is 28.0 Å². The maximum atomic E-state index is 12.8. The van der Waals surface area contributed by atoms with Gasteiger partial charge < -0.3 is 10.0 Å². The van der Waals surface area contributed by atoms with E-state index in [1.54, 1.807) is 18.2 Å². The highest BCUT2D eigenvalue weighted by Gasteiger charge is 2.33. The number of hydrazone groups is 1. The number of nitro benzene ring substituents is 1. The van der Waals surface area contributed by atoms with E-state index >= 15 is 0 Å². The number of hydrogen-bond donors (Lipinski definition) is 2. The van der Waals surface area contributed by atoms with E-state index < -0.39 is 34.7 Å². The second-order valence-corrected chi connectivity index (χ2v) is 6.48. The lowest BCUT2D eigenvalue weighted by Crippen LogP contribution is -2.21. The van der Waals surface area contributed by atoms with E-state index in [-0.39, 0.29) is 11.3 Å². The van der Waals surface area contributed by atoms with Crippen molar-refractivity contribution in [2.24, 2.45) is 5.10 Å². The average Bonchev–Trinajstić information content (AvgIpc) is 2.69. The van der Waals surface area contributed by atoms with Gasteiger partial charge in [0.05, 0.1) is 23.1 Å². The Bertz CT molecular complexity index is 989. The maximum absolute atomic E-state index is 12.8. The number of benzene rings is 2. The predicted molar refractivity (Wildman–Crippen MR) is 109 cm³/mol. The summed E-state index contributed by atoms with van der Waals surface area (Å²) in [5, 5.41) is 24.9. The van der Waals surface area contributed by atoms with Crippen LogP contribution in [0, 0.1) is 10.1 Å². The number of nitrogens with one attached hydrogen (secondary N) is 1. The summed E-state index contributed by atoms with van der Waals surface area (Å²) in [5.41, 5.74) is 1.12. The second kappa shape index (κ2) is 9.92. The number of halogens is 3. The molecule has 0 saturated carbocycles. The fourth-order valence-electron chi connectivity index (χ4n) is 2.87. The molecule has 0 aromatic heterocycles. The normalized spacial score (nSPS) is 11.5. The predicted octanol–water partition coefficient (Wildman–Crippen LogP) is 3.86. The Hall–Kier alpha value is -3.63. The number of phenols is 1. The Morgan fingerprint density at radius 1 is 1.23 bits per heavy atom. The van der Waals surface area contributed by atoms with Crippen molar-refractivity contribution in [1.82, 2.24) is 5.43 Å². The smallest absolute Gasteiger partial charge is 0.416 e. The number of nitrogens with zero attached hydrogens (tertiary/aromatic N) is 3. The van der Waals surface area contributed by atoms with E-state index in [1.807, 2.05) is 18.7 Å². The first kappa shape index (κ1) is 23.6. The number of hydrogen-bond acceptors (Lipinski definition) is 6. The lowest BCUT2D eigenvalue weighted by atomic mass is 10.1. The average molecular weight is 438 g/mol. The number of phenolic OH excluding ortho intramolecular Hbond substituents is 1. The van der Waals surface area contributed by atoms with Gasteiger partial charge in [0.25, 0.3) is 5.69 Å². The van der Waals surface area contributed by atoms with E-state index in [4.69, 9.17) is 0 Å². The van der Waals surface area contributed by atoms with Crippen LogP contribution in [0.5, 0.6) is 5.75 Å². The molecule has 0 spiro atoms. The molecule has 166 valence electrons. The first-order valence-corrected chi connectivity index (χ1v) is 9.31. The van der Waals surface area contributed by atoms with E-state index in [1.165, 1.54) is 6.21 Å². The Balaban J connectivity index is 2.08. The van der Waals surface area contributed by atoms with Crippen LogP contribution in [0.1, 0.15) is 30.5 Å². The summed E-state index contributed by atoms with van der Waals surface area (Å²) in [6.07, 6.45) is -4.09. The number of rotatable bonds is 8. The summed E-state index contributed by atoms with van der Waals surface area (Å²) in [5.74, 6) is -0.820. The van der Waals surface area contributed by atoms with Gasteiger partial charge in [-0.1, -0.05) is 6.07 Å². The van der Waals surface area contributed by atoms with Crippen LogP contribution in [0.15, 0.2) is 41.5 Å². The van der Waals surface area contributed by atoms with Crippen molar-refractivity contribution in [2.75, 3.05) is 18.0 Å². The number of nitro groups is 1. The van der Waals surface area contributed by atoms with Crippen LogP contribution < -0.4 is 10.3 Å². The van der Waals surface area contributed by atoms with Gasteiger partial charge in [-0.05, 0) is 32.0 Å². The van der Waals surface area contributed by atoms with Crippen LogP contribution >= 0.6 is 0 Å². The molecule has 0 unspecified atom stereocenters. The van der Waals surface area contributed by atoms with Crippen molar-refractivity contribution in [3.63, 3.8) is 0 Å². The molecule has 2 aromatic rings. The zero-order valence-electron chi connectivity index (χ0n) is 16.8. The van der Waals surface area contributed by atoms with Crippen molar-refractivity contribution in [3.05, 3.63) is 63.2 Å². The molecule has 11 heteroatoms. The van der Waals surface area contributed by atoms with Crippen LogP contribution in [-0.4, -0.2) is 35.2 Å². The Morgan fingerprint density at radius 2 is 1.90 bits per heavy atom. The quantitative estimate of drug-likeness (QED) is 0.370. The van der Waals surface area contributed by atoms with Gasteiger partial charge in [0.1, 0.15) is 5.75 Å². The first-order valence-electron chi connectivity index (χ1n) is 9.31. The second-order valence-electron chi connectivity index (χ2n) is 6.48. The maximum Gasteiger partial charge on any atom is 0.416 e. The molecule has 0 bridgehead atoms. The van der Waals surface area contributed by atoms with Gasteiger partial charge in [0, 0.05) is 42.0 Å². The Morgan fingerprint density at radius 3 is 2.45 bits per heavy atom. The van der Waals surface area contributed by atoms with Gasteiger partial charge in [0.15, 0.2) is 0 Å². The van der Waals surface area contributed by atoms with E-state index in [2.05, 4.69) is 10.5 Å². The molecule has 0 saturated heterocycles. The van der Waals surface area contributed by atoms with Crippen LogP contribution in [0.2, 0.25) is 0 Å². The van der Waals surface area contributed by atoms with Crippen LogP contribution in [-0.2, 0) is 17.4 Å². The SMILES string of the molecule is CCN(CC)c1ccc(C=NNC(=O)Cc2ccc(C(F)(F)F)cc2[N+](=O)[O-])c(O)c1. The van der Waals surface area contributed by atoms with E-state index in [0.29, 0.717) is 17.7 Å². The summed E-state index contributed by atoms with van der Waals surface area (Å²) in [6.45, 7) is 5.48. The summed E-state index contributed by atoms with van der Waals surface area (Å²) in [6, 6.07) is 6.90. The summed E-state index contributed by atoms with van der Waals surface area (Å²) < 4.78 is 38.3. The fraction of sp³-hybridized carbons (Fsp3) is 0.300. The minimum absolute atomic E-state index is 0.0548. The van der Waals surface area contributed by atoms with E-state index in [9.17, 15) is 33.2 Å². The van der Waals surface area contributed by atoms with Gasteiger partial charge in [-0.2, -0.15) is 18.3 Å². The zero-order chi connectivity index (χ0) is 23.2. The molecule has 0 aliphatic carbocycles. The zero-order valence-corrected chi connectivity index (χ0v) is 16.8. The number of carbonyl (C=O) groups excluding carboxylic acids is 1. The number of carbonyl (C=O) groups is 1. The highest BCUT2D eigenvalue weighted by Crippen LogP contribution is 2.33. The molecular formula is C20H21F3N4O4. The molecule has 0 aliphatic heterocycles. The molecule has 2 N–H and O–H groups in total. The van der Waals surface area contributed by atoms with Gasteiger partial charge in [0.2, 0.25) is 5.91 Å². The third-order valence-electron chi connectivity index (χ3n) is 4.50. The number of amides is 1. The monoisotopic (exact) mass is 438 g/mol. The number of anilines is 1. The van der Waals surface area contributed by atoms with Crippen molar-refractivity contribution in [2.45, 2.75) is 26.4 Å². The van der Waals surface area contributed by atoms with Gasteiger partial charge in [-0.15, -0.1) is 0 Å². The largest absolute Gasteiger partial charge is 0.507 e. The highest BCUT2D eigenvalue weighted by molar-refractivity contribution is 5.86. The van der Waals surface area contributed by atoms with Crippen LogP contribution in [0.25, 0.3) is 0 Å². The van der Waals surface area contributed by atoms with E-state index in [0.717, 1.165) is 24.8 Å². The molecule has 2 rings (SSSR count). The summed E-state index contributed by atoms with van der Waals surface area (Å²) in [4.78, 5) is 24.2. The molecular weight excluding hydrogens is 417 g/mol. The third-order valence-corrected chi connectivity index (χ3v) is 4.50. The number of aromatic hydroxyl groups is 1. The molecule has 1 amide bonds. The topological polar surface area (TPSA) is 108 Å².